The first kappa shape index (κ1) is 15.5. The highest BCUT2D eigenvalue weighted by molar-refractivity contribution is 5.39. The zero-order valence-corrected chi connectivity index (χ0v) is 13.3. The van der Waals surface area contributed by atoms with Gasteiger partial charge >= 0.3 is 0 Å². The zero-order chi connectivity index (χ0) is 15.2. The van der Waals surface area contributed by atoms with Gasteiger partial charge in [-0.05, 0) is 48.7 Å². The molecular formula is C18H24N2O. The van der Waals surface area contributed by atoms with Crippen LogP contribution >= 0.6 is 0 Å². The van der Waals surface area contributed by atoms with Crippen LogP contribution in [0.15, 0.2) is 36.5 Å². The van der Waals surface area contributed by atoms with Crippen molar-refractivity contribution >= 4 is 0 Å². The molecule has 0 amide bonds. The molecule has 2 rings (SSSR count). The molecule has 0 radical (unpaired) electrons. The van der Waals surface area contributed by atoms with Crippen LogP contribution in [0.1, 0.15) is 42.1 Å². The fraction of sp³-hybridized carbons (Fsp3) is 0.389. The molecular weight excluding hydrogens is 260 g/mol. The van der Waals surface area contributed by atoms with E-state index in [9.17, 15) is 0 Å². The molecule has 0 atom stereocenters. The van der Waals surface area contributed by atoms with Crippen LogP contribution in [0.4, 0.5) is 0 Å². The van der Waals surface area contributed by atoms with Crippen molar-refractivity contribution in [2.45, 2.75) is 39.8 Å². The molecule has 0 aliphatic carbocycles. The number of nitrogens with zero attached hydrogens (tertiary/aromatic N) is 1. The number of pyridine rings is 1. The fourth-order valence-electron chi connectivity index (χ4n) is 2.24. The second kappa shape index (κ2) is 7.23. The highest BCUT2D eigenvalue weighted by atomic mass is 16.5. The molecule has 1 N–H and O–H groups in total. The van der Waals surface area contributed by atoms with Crippen molar-refractivity contribution in [3.63, 3.8) is 0 Å². The molecule has 0 saturated carbocycles. The Morgan fingerprint density at radius 1 is 1.19 bits per heavy atom. The van der Waals surface area contributed by atoms with Crippen LogP contribution in [-0.4, -0.2) is 12.0 Å². The van der Waals surface area contributed by atoms with E-state index in [2.05, 4.69) is 55.3 Å². The minimum Gasteiger partial charge on any atom is -0.487 e. The van der Waals surface area contributed by atoms with Crippen molar-refractivity contribution in [2.24, 2.45) is 0 Å². The Balaban J connectivity index is 2.07. The Bertz CT molecular complexity index is 576. The van der Waals surface area contributed by atoms with Gasteiger partial charge in [0.15, 0.2) is 0 Å². The van der Waals surface area contributed by atoms with Crippen LogP contribution in [-0.2, 0) is 13.2 Å². The van der Waals surface area contributed by atoms with E-state index in [1.807, 2.05) is 19.3 Å². The number of rotatable bonds is 6. The monoisotopic (exact) mass is 284 g/mol. The predicted octanol–water partition coefficient (Wildman–Crippen LogP) is 3.81. The minimum absolute atomic E-state index is 0.451. The lowest BCUT2D eigenvalue weighted by molar-refractivity contribution is 0.297. The third-order valence-corrected chi connectivity index (χ3v) is 3.43. The summed E-state index contributed by atoms with van der Waals surface area (Å²) in [5.74, 6) is 1.41. The van der Waals surface area contributed by atoms with E-state index in [0.29, 0.717) is 12.5 Å². The van der Waals surface area contributed by atoms with Crippen LogP contribution in [0.25, 0.3) is 0 Å². The maximum atomic E-state index is 5.99. The average molecular weight is 284 g/mol. The maximum Gasteiger partial charge on any atom is 0.130 e. The van der Waals surface area contributed by atoms with Crippen molar-refractivity contribution in [1.82, 2.24) is 10.3 Å². The largest absolute Gasteiger partial charge is 0.487 e. The normalized spacial score (nSPS) is 10.9. The van der Waals surface area contributed by atoms with E-state index in [1.54, 1.807) is 0 Å². The topological polar surface area (TPSA) is 34.1 Å². The Hall–Kier alpha value is -1.87. The second-order valence-corrected chi connectivity index (χ2v) is 5.67. The van der Waals surface area contributed by atoms with Crippen molar-refractivity contribution in [2.75, 3.05) is 7.05 Å². The molecule has 0 aliphatic rings. The second-order valence-electron chi connectivity index (χ2n) is 5.67. The van der Waals surface area contributed by atoms with E-state index >= 15 is 0 Å². The van der Waals surface area contributed by atoms with Gasteiger partial charge in [-0.25, -0.2) is 0 Å². The van der Waals surface area contributed by atoms with Crippen LogP contribution in [0.2, 0.25) is 0 Å². The van der Waals surface area contributed by atoms with Gasteiger partial charge in [0.25, 0.3) is 0 Å². The molecule has 3 nitrogen and oxygen atoms in total. The fourth-order valence-corrected chi connectivity index (χ4v) is 2.24. The van der Waals surface area contributed by atoms with Crippen LogP contribution in [0.5, 0.6) is 5.75 Å². The summed E-state index contributed by atoms with van der Waals surface area (Å²) in [7, 11) is 1.93. The highest BCUT2D eigenvalue weighted by Gasteiger charge is 2.08. The van der Waals surface area contributed by atoms with E-state index in [4.69, 9.17) is 4.74 Å². The van der Waals surface area contributed by atoms with Gasteiger partial charge in [0, 0.05) is 12.7 Å². The number of nitrogens with one attached hydrogen (secondary N) is 1. The molecule has 0 unspecified atom stereocenters. The smallest absolute Gasteiger partial charge is 0.130 e. The van der Waals surface area contributed by atoms with Crippen molar-refractivity contribution in [3.8, 4) is 5.75 Å². The summed E-state index contributed by atoms with van der Waals surface area (Å²) in [6.07, 6.45) is 1.90. The van der Waals surface area contributed by atoms with Crippen LogP contribution < -0.4 is 10.1 Å². The van der Waals surface area contributed by atoms with E-state index in [-0.39, 0.29) is 0 Å². The Morgan fingerprint density at radius 2 is 2.00 bits per heavy atom. The third kappa shape index (κ3) is 4.30. The van der Waals surface area contributed by atoms with Gasteiger partial charge in [0.2, 0.25) is 0 Å². The molecule has 3 heteroatoms. The van der Waals surface area contributed by atoms with Crippen LogP contribution in [0.3, 0.4) is 0 Å². The summed E-state index contributed by atoms with van der Waals surface area (Å²) in [5, 5.41) is 3.12. The van der Waals surface area contributed by atoms with Gasteiger partial charge in [-0.3, -0.25) is 4.98 Å². The lowest BCUT2D eigenvalue weighted by Gasteiger charge is -2.14. The molecule has 0 saturated heterocycles. The lowest BCUT2D eigenvalue weighted by Crippen LogP contribution is -2.06. The Kier molecular flexibility index (Phi) is 5.34. The molecule has 0 spiro atoms. The van der Waals surface area contributed by atoms with Gasteiger partial charge in [-0.2, -0.15) is 0 Å². The van der Waals surface area contributed by atoms with Crippen LogP contribution in [0, 0.1) is 6.92 Å². The first-order chi connectivity index (χ1) is 10.1. The first-order valence-electron chi connectivity index (χ1n) is 7.42. The lowest BCUT2D eigenvalue weighted by atomic mass is 10.0. The van der Waals surface area contributed by atoms with Crippen molar-refractivity contribution in [3.05, 3.63) is 58.9 Å². The maximum absolute atomic E-state index is 5.99. The Labute approximate surface area is 127 Å². The van der Waals surface area contributed by atoms with Gasteiger partial charge in [0.05, 0.1) is 5.69 Å². The zero-order valence-electron chi connectivity index (χ0n) is 13.3. The van der Waals surface area contributed by atoms with E-state index in [0.717, 1.165) is 18.0 Å². The number of ether oxygens (including phenoxy) is 1. The molecule has 1 heterocycles. The molecule has 2 aromatic rings. The molecule has 1 aromatic heterocycles. The van der Waals surface area contributed by atoms with Gasteiger partial charge < -0.3 is 10.1 Å². The van der Waals surface area contributed by atoms with Crippen molar-refractivity contribution in [1.29, 1.82) is 0 Å². The SMILES string of the molecule is CNCc1ccc(COc2cc(C)ccc2C(C)C)nc1. The van der Waals surface area contributed by atoms with Crippen molar-refractivity contribution < 1.29 is 4.74 Å². The molecule has 0 fully saturated rings. The summed E-state index contributed by atoms with van der Waals surface area (Å²) in [6, 6.07) is 10.5. The standard InChI is InChI=1S/C18H24N2O/c1-13(2)17-8-5-14(3)9-18(17)21-12-16-7-6-15(10-19-4)11-20-16/h5-9,11,13,19H,10,12H2,1-4H3. The average Bonchev–Trinajstić information content (AvgIpc) is 2.46. The van der Waals surface area contributed by atoms with E-state index < -0.39 is 0 Å². The Morgan fingerprint density at radius 3 is 2.62 bits per heavy atom. The van der Waals surface area contributed by atoms with Gasteiger partial charge in [-0.15, -0.1) is 0 Å². The molecule has 1 aromatic carbocycles. The molecule has 112 valence electrons. The summed E-state index contributed by atoms with van der Waals surface area (Å²) < 4.78 is 5.99. The number of aryl methyl sites for hydroxylation is 1. The summed E-state index contributed by atoms with van der Waals surface area (Å²) in [6.45, 7) is 7.79. The number of aromatic nitrogens is 1. The minimum atomic E-state index is 0.451. The predicted molar refractivity (Wildman–Crippen MR) is 86.6 cm³/mol. The first-order valence-corrected chi connectivity index (χ1v) is 7.42. The van der Waals surface area contributed by atoms with E-state index in [1.165, 1.54) is 16.7 Å². The summed E-state index contributed by atoms with van der Waals surface area (Å²) >= 11 is 0. The number of hydrogen-bond donors (Lipinski definition) is 1. The third-order valence-electron chi connectivity index (χ3n) is 3.43. The highest BCUT2D eigenvalue weighted by Crippen LogP contribution is 2.28. The molecule has 0 bridgehead atoms. The summed E-state index contributed by atoms with van der Waals surface area (Å²) in [5.41, 5.74) is 4.59. The number of benzene rings is 1. The van der Waals surface area contributed by atoms with Gasteiger partial charge in [0.1, 0.15) is 12.4 Å². The summed E-state index contributed by atoms with van der Waals surface area (Å²) in [4.78, 5) is 4.44. The quantitative estimate of drug-likeness (QED) is 0.876. The number of hydrogen-bond acceptors (Lipinski definition) is 3. The molecule has 21 heavy (non-hydrogen) atoms. The van der Waals surface area contributed by atoms with Gasteiger partial charge in [-0.1, -0.05) is 32.0 Å². The molecule has 0 aliphatic heterocycles.